The average molecular weight is 417 g/mol. The summed E-state index contributed by atoms with van der Waals surface area (Å²) in [4.78, 5) is 17.0. The molecule has 0 atom stereocenters. The van der Waals surface area contributed by atoms with Gasteiger partial charge in [-0.05, 0) is 42.4 Å². The molecule has 1 aromatic carbocycles. The number of allylic oxidation sites excluding steroid dienone is 1. The second-order valence-corrected chi connectivity index (χ2v) is 9.09. The minimum atomic E-state index is -0.215. The van der Waals surface area contributed by atoms with Crippen molar-refractivity contribution < 1.29 is 9.53 Å². The number of pyridine rings is 1. The predicted molar refractivity (Wildman–Crippen MR) is 121 cm³/mol. The molecule has 6 nitrogen and oxygen atoms in total. The van der Waals surface area contributed by atoms with E-state index in [0.29, 0.717) is 18.2 Å². The first-order chi connectivity index (χ1) is 14.9. The molecule has 0 aliphatic heterocycles. The second-order valence-electron chi connectivity index (χ2n) is 9.09. The zero-order valence-corrected chi connectivity index (χ0v) is 18.4. The van der Waals surface area contributed by atoms with E-state index in [1.165, 1.54) is 0 Å². The van der Waals surface area contributed by atoms with Gasteiger partial charge in [-0.1, -0.05) is 38.6 Å². The number of hydrogen-bond donors (Lipinski definition) is 1. The number of hydrogen-bond acceptors (Lipinski definition) is 5. The highest BCUT2D eigenvalue weighted by molar-refractivity contribution is 6.01. The average Bonchev–Trinajstić information content (AvgIpc) is 3.32. The lowest BCUT2D eigenvalue weighted by atomic mass is 10.0. The van der Waals surface area contributed by atoms with Gasteiger partial charge in [0, 0.05) is 35.9 Å². The van der Waals surface area contributed by atoms with Gasteiger partial charge in [0.25, 0.3) is 0 Å². The quantitative estimate of drug-likeness (QED) is 0.621. The monoisotopic (exact) mass is 416 g/mol. The van der Waals surface area contributed by atoms with Crippen LogP contribution in [0.25, 0.3) is 16.8 Å². The third-order valence-corrected chi connectivity index (χ3v) is 6.48. The molecular weight excluding hydrogens is 388 g/mol. The van der Waals surface area contributed by atoms with E-state index in [2.05, 4.69) is 31.8 Å². The summed E-state index contributed by atoms with van der Waals surface area (Å²) in [6, 6.07) is 10.0. The summed E-state index contributed by atoms with van der Waals surface area (Å²) in [5.41, 5.74) is 5.53. The Kier molecular flexibility index (Phi) is 4.61. The van der Waals surface area contributed by atoms with E-state index in [1.54, 1.807) is 11.6 Å². The van der Waals surface area contributed by atoms with E-state index in [1.807, 2.05) is 24.3 Å². The van der Waals surface area contributed by atoms with Crippen molar-refractivity contribution in [3.63, 3.8) is 0 Å². The molecule has 1 fully saturated rings. The van der Waals surface area contributed by atoms with Gasteiger partial charge in [-0.2, -0.15) is 4.52 Å². The maximum absolute atomic E-state index is 12.0. The highest BCUT2D eigenvalue weighted by atomic mass is 16.5. The number of Topliss-reactive ketones (excluding diaryl/α,β-unsaturated/α-hetero) is 1. The van der Waals surface area contributed by atoms with Crippen molar-refractivity contribution in [1.82, 2.24) is 19.9 Å². The van der Waals surface area contributed by atoms with Crippen LogP contribution in [0.5, 0.6) is 5.88 Å². The van der Waals surface area contributed by atoms with E-state index in [-0.39, 0.29) is 11.2 Å². The Labute approximate surface area is 182 Å². The molecule has 160 valence electrons. The van der Waals surface area contributed by atoms with Gasteiger partial charge < -0.3 is 10.1 Å². The molecule has 0 radical (unpaired) electrons. The zero-order valence-electron chi connectivity index (χ0n) is 18.4. The van der Waals surface area contributed by atoms with E-state index in [0.717, 1.165) is 65.2 Å². The molecule has 0 spiro atoms. The van der Waals surface area contributed by atoms with E-state index in [4.69, 9.17) is 14.8 Å². The van der Waals surface area contributed by atoms with Crippen molar-refractivity contribution in [2.24, 2.45) is 5.92 Å². The highest BCUT2D eigenvalue weighted by Crippen LogP contribution is 2.51. The van der Waals surface area contributed by atoms with Gasteiger partial charge in [-0.25, -0.2) is 4.98 Å². The first-order valence-corrected chi connectivity index (χ1v) is 11.0. The third kappa shape index (κ3) is 3.21. The van der Waals surface area contributed by atoms with Crippen molar-refractivity contribution >= 4 is 11.4 Å². The van der Waals surface area contributed by atoms with Crippen molar-refractivity contribution in [3.05, 3.63) is 59.6 Å². The van der Waals surface area contributed by atoms with Crippen LogP contribution in [0.4, 0.5) is 0 Å². The Morgan fingerprint density at radius 2 is 2.00 bits per heavy atom. The topological polar surface area (TPSA) is 68.5 Å². The summed E-state index contributed by atoms with van der Waals surface area (Å²) in [5, 5.41) is 8.35. The first kappa shape index (κ1) is 19.8. The molecule has 0 bridgehead atoms. The number of benzene rings is 1. The number of ether oxygens (including phenoxy) is 1. The number of rotatable bonds is 7. The molecule has 0 saturated heterocycles. The summed E-state index contributed by atoms with van der Waals surface area (Å²) in [6.45, 7) is 9.57. The minimum absolute atomic E-state index is 0.215. The van der Waals surface area contributed by atoms with Crippen LogP contribution >= 0.6 is 0 Å². The number of fused-ring (bicyclic) bond motifs is 2. The maximum atomic E-state index is 12.0. The zero-order chi connectivity index (χ0) is 21.8. The van der Waals surface area contributed by atoms with Gasteiger partial charge in [0.15, 0.2) is 17.3 Å². The fourth-order valence-electron chi connectivity index (χ4n) is 4.43. The molecular formula is C25H28N4O2. The Bertz CT molecular complexity index is 1200. The Morgan fingerprint density at radius 1 is 1.23 bits per heavy atom. The van der Waals surface area contributed by atoms with Gasteiger partial charge in [0.2, 0.25) is 5.88 Å². The van der Waals surface area contributed by atoms with Crippen molar-refractivity contribution in [3.8, 4) is 17.0 Å². The van der Waals surface area contributed by atoms with Crippen LogP contribution in [-0.4, -0.2) is 34.0 Å². The Hall–Kier alpha value is -3.15. The largest absolute Gasteiger partial charge is 0.481 e. The molecule has 2 aromatic heterocycles. The van der Waals surface area contributed by atoms with Gasteiger partial charge in [0.05, 0.1) is 12.5 Å². The molecule has 2 aliphatic carbocycles. The Balaban J connectivity index is 1.59. The van der Waals surface area contributed by atoms with Gasteiger partial charge in [-0.3, -0.25) is 4.79 Å². The van der Waals surface area contributed by atoms with Crippen LogP contribution in [0.2, 0.25) is 0 Å². The van der Waals surface area contributed by atoms with E-state index in [9.17, 15) is 4.79 Å². The minimum Gasteiger partial charge on any atom is -0.481 e. The lowest BCUT2D eigenvalue weighted by Gasteiger charge is -2.18. The predicted octanol–water partition coefficient (Wildman–Crippen LogP) is 4.32. The second kappa shape index (κ2) is 7.22. The number of carbonyl (C=O) groups is 1. The molecule has 2 aliphatic rings. The lowest BCUT2D eigenvalue weighted by molar-refractivity contribution is 0.0994. The summed E-state index contributed by atoms with van der Waals surface area (Å²) in [5.74, 6) is 2.20. The molecule has 31 heavy (non-hydrogen) atoms. The van der Waals surface area contributed by atoms with Crippen LogP contribution in [-0.2, 0) is 11.8 Å². The molecule has 2 heterocycles. The number of aromatic nitrogens is 3. The van der Waals surface area contributed by atoms with E-state index >= 15 is 0 Å². The smallest absolute Gasteiger partial charge is 0.216 e. The molecule has 0 unspecified atom stereocenters. The molecule has 1 saturated carbocycles. The van der Waals surface area contributed by atoms with Gasteiger partial charge in [0.1, 0.15) is 0 Å². The van der Waals surface area contributed by atoms with Gasteiger partial charge >= 0.3 is 0 Å². The number of ketones is 1. The number of carbonyl (C=O) groups excluding carboxylic acids is 1. The molecule has 5 rings (SSSR count). The van der Waals surface area contributed by atoms with E-state index < -0.39 is 0 Å². The van der Waals surface area contributed by atoms with Crippen molar-refractivity contribution in [2.45, 2.75) is 44.9 Å². The first-order valence-electron chi connectivity index (χ1n) is 11.0. The molecule has 1 N–H and O–H groups in total. The van der Waals surface area contributed by atoms with Gasteiger partial charge in [-0.15, -0.1) is 5.10 Å². The number of nitrogens with zero attached hydrogens (tertiary/aromatic N) is 3. The number of methoxy groups -OCH3 is 1. The van der Waals surface area contributed by atoms with Crippen LogP contribution in [0.15, 0.2) is 42.6 Å². The normalized spacial score (nSPS) is 16.6. The summed E-state index contributed by atoms with van der Waals surface area (Å²) >= 11 is 0. The summed E-state index contributed by atoms with van der Waals surface area (Å²) < 4.78 is 7.36. The van der Waals surface area contributed by atoms with Crippen molar-refractivity contribution in [2.75, 3.05) is 13.7 Å². The number of nitrogens with one attached hydrogen (secondary N) is 1. The Morgan fingerprint density at radius 3 is 2.71 bits per heavy atom. The summed E-state index contributed by atoms with van der Waals surface area (Å²) in [7, 11) is 1.65. The van der Waals surface area contributed by atoms with Crippen LogP contribution in [0.1, 0.15) is 54.9 Å². The molecule has 0 amide bonds. The maximum Gasteiger partial charge on any atom is 0.216 e. The lowest BCUT2D eigenvalue weighted by Crippen LogP contribution is -2.27. The van der Waals surface area contributed by atoms with Crippen LogP contribution < -0.4 is 10.1 Å². The fraction of sp³-hybridized carbons (Fsp3) is 0.400. The van der Waals surface area contributed by atoms with Crippen molar-refractivity contribution in [1.29, 1.82) is 0 Å². The van der Waals surface area contributed by atoms with Crippen LogP contribution in [0, 0.1) is 5.92 Å². The molecule has 3 aromatic rings. The summed E-state index contributed by atoms with van der Waals surface area (Å²) in [6.07, 6.45) is 3.38. The SMILES string of the molecule is C=C(NCC(C)C)C1(c2nc3c(-c4ccc5c(c4)CCC5=O)ccc(OC)n3n2)CC1. The fourth-order valence-corrected chi connectivity index (χ4v) is 4.43. The molecule has 6 heteroatoms. The van der Waals surface area contributed by atoms with Crippen LogP contribution in [0.3, 0.4) is 0 Å². The third-order valence-electron chi connectivity index (χ3n) is 6.48. The highest BCUT2D eigenvalue weighted by Gasteiger charge is 2.50. The number of aryl methyl sites for hydroxylation is 1. The standard InChI is InChI=1S/C25H28N4O2/c1-15(2)14-26-16(3)25(11-12-25)24-27-23-20(8-10-22(31-4)29(23)28-24)18-5-7-19-17(13-18)6-9-21(19)30/h5,7-8,10,13,15,26H,3,6,9,11-12,14H2,1-2,4H3.